The highest BCUT2D eigenvalue weighted by molar-refractivity contribution is 5.87. The second-order valence-corrected chi connectivity index (χ2v) is 4.00. The summed E-state index contributed by atoms with van der Waals surface area (Å²) in [5, 5.41) is 8.40. The van der Waals surface area contributed by atoms with Gasteiger partial charge in [0.25, 0.3) is 0 Å². The first-order chi connectivity index (χ1) is 9.62. The fraction of sp³-hybridized carbons (Fsp3) is 0.700. The van der Waals surface area contributed by atoms with Crippen LogP contribution in [0.5, 0.6) is 0 Å². The Morgan fingerprint density at radius 1 is 0.955 bits per heavy atom. The molecule has 0 heterocycles. The highest BCUT2D eigenvalue weighted by atomic mass is 19.4. The number of alkyl halides is 9. The molecule has 0 radical (unpaired) electrons. The van der Waals surface area contributed by atoms with Crippen molar-refractivity contribution in [3.8, 4) is 0 Å². The van der Waals surface area contributed by atoms with Gasteiger partial charge >= 0.3 is 29.9 Å². The fourth-order valence-corrected chi connectivity index (χ4v) is 1.00. The zero-order chi connectivity index (χ0) is 18.0. The summed E-state index contributed by atoms with van der Waals surface area (Å²) in [6.45, 7) is 0.330. The molecule has 1 N–H and O–H groups in total. The standard InChI is InChI=1S/C10H9F9O3/c1-5(4-20)6(21)22-3-2-7(11,12)8(13,14)9(15,16)10(17,18)19/h20H,1-4H2. The maximum atomic E-state index is 13.0. The zero-order valence-electron chi connectivity index (χ0n) is 10.5. The van der Waals surface area contributed by atoms with Gasteiger partial charge in [-0.3, -0.25) is 0 Å². The van der Waals surface area contributed by atoms with Crippen molar-refractivity contribution in [2.45, 2.75) is 30.4 Å². The van der Waals surface area contributed by atoms with Crippen LogP contribution in [0.4, 0.5) is 39.5 Å². The maximum Gasteiger partial charge on any atom is 0.460 e. The number of aliphatic hydroxyl groups excluding tert-OH is 1. The van der Waals surface area contributed by atoms with Gasteiger partial charge in [-0.25, -0.2) is 4.79 Å². The van der Waals surface area contributed by atoms with Crippen LogP contribution in [0.1, 0.15) is 6.42 Å². The Labute approximate surface area is 117 Å². The minimum Gasteiger partial charge on any atom is -0.462 e. The van der Waals surface area contributed by atoms with Crippen LogP contribution in [0.2, 0.25) is 0 Å². The molecule has 0 saturated carbocycles. The van der Waals surface area contributed by atoms with Gasteiger partial charge in [0.05, 0.1) is 25.2 Å². The van der Waals surface area contributed by atoms with Gasteiger partial charge in [0, 0.05) is 0 Å². The Kier molecular flexibility index (Phi) is 5.92. The van der Waals surface area contributed by atoms with Crippen LogP contribution >= 0.6 is 0 Å². The molecule has 0 aliphatic rings. The topological polar surface area (TPSA) is 46.5 Å². The number of carbonyl (C=O) groups is 1. The van der Waals surface area contributed by atoms with Gasteiger partial charge in [-0.2, -0.15) is 39.5 Å². The molecule has 0 rings (SSSR count). The average molecular weight is 348 g/mol. The molecule has 0 aliphatic heterocycles. The Balaban J connectivity index is 5.00. The first kappa shape index (κ1) is 20.5. The molecule has 0 aromatic rings. The van der Waals surface area contributed by atoms with E-state index in [-0.39, 0.29) is 0 Å². The van der Waals surface area contributed by atoms with E-state index in [4.69, 9.17) is 5.11 Å². The van der Waals surface area contributed by atoms with Crippen molar-refractivity contribution >= 4 is 5.97 Å². The lowest BCUT2D eigenvalue weighted by Crippen LogP contribution is -2.61. The molecule has 0 unspecified atom stereocenters. The summed E-state index contributed by atoms with van der Waals surface area (Å²) in [6.07, 6.45) is -9.20. The van der Waals surface area contributed by atoms with Crippen LogP contribution in [0.15, 0.2) is 12.2 Å². The molecular formula is C10H9F9O3. The monoisotopic (exact) mass is 348 g/mol. The second kappa shape index (κ2) is 6.34. The first-order valence-corrected chi connectivity index (χ1v) is 5.27. The molecule has 0 spiro atoms. The second-order valence-electron chi connectivity index (χ2n) is 4.00. The predicted octanol–water partition coefficient (Wildman–Crippen LogP) is 2.94. The van der Waals surface area contributed by atoms with Gasteiger partial charge in [-0.1, -0.05) is 6.58 Å². The van der Waals surface area contributed by atoms with Gasteiger partial charge in [-0.15, -0.1) is 0 Å². The third kappa shape index (κ3) is 3.84. The van der Waals surface area contributed by atoms with Crippen molar-refractivity contribution in [1.29, 1.82) is 0 Å². The number of rotatable bonds is 7. The SMILES string of the molecule is C=C(CO)C(=O)OCCC(F)(F)C(F)(F)C(F)(F)C(F)(F)F. The Morgan fingerprint density at radius 2 is 1.41 bits per heavy atom. The Morgan fingerprint density at radius 3 is 1.77 bits per heavy atom. The number of hydrogen-bond acceptors (Lipinski definition) is 3. The summed E-state index contributed by atoms with van der Waals surface area (Å²) in [5.74, 6) is -21.0. The van der Waals surface area contributed by atoms with E-state index in [1.54, 1.807) is 0 Å². The molecule has 3 nitrogen and oxygen atoms in total. The van der Waals surface area contributed by atoms with E-state index in [1.165, 1.54) is 0 Å². The summed E-state index contributed by atoms with van der Waals surface area (Å²) in [7, 11) is 0. The van der Waals surface area contributed by atoms with Crippen LogP contribution in [0.3, 0.4) is 0 Å². The highest BCUT2D eigenvalue weighted by Crippen LogP contribution is 2.53. The molecule has 0 aliphatic carbocycles. The molecule has 12 heteroatoms. The van der Waals surface area contributed by atoms with Crippen molar-refractivity contribution in [3.05, 3.63) is 12.2 Å². The Bertz CT molecular complexity index is 428. The van der Waals surface area contributed by atoms with Gasteiger partial charge < -0.3 is 9.84 Å². The summed E-state index contributed by atoms with van der Waals surface area (Å²) in [6, 6.07) is 0. The molecule has 0 amide bonds. The van der Waals surface area contributed by atoms with Crippen molar-refractivity contribution in [1.82, 2.24) is 0 Å². The third-order valence-electron chi connectivity index (χ3n) is 2.34. The lowest BCUT2D eigenvalue weighted by molar-refractivity contribution is -0.397. The van der Waals surface area contributed by atoms with E-state index in [0.29, 0.717) is 0 Å². The van der Waals surface area contributed by atoms with E-state index in [9.17, 15) is 44.3 Å². The van der Waals surface area contributed by atoms with Crippen LogP contribution in [0, 0.1) is 0 Å². The van der Waals surface area contributed by atoms with Crippen LogP contribution in [0.25, 0.3) is 0 Å². The maximum absolute atomic E-state index is 13.0. The number of halogens is 9. The molecule has 22 heavy (non-hydrogen) atoms. The summed E-state index contributed by atoms with van der Waals surface area (Å²) < 4.78 is 116. The largest absolute Gasteiger partial charge is 0.462 e. The van der Waals surface area contributed by atoms with Crippen LogP contribution in [-0.2, 0) is 9.53 Å². The molecule has 0 bridgehead atoms. The summed E-state index contributed by atoms with van der Waals surface area (Å²) >= 11 is 0. The first-order valence-electron chi connectivity index (χ1n) is 5.27. The Hall–Kier alpha value is -1.46. The lowest BCUT2D eigenvalue weighted by Gasteiger charge is -2.33. The third-order valence-corrected chi connectivity index (χ3v) is 2.34. The van der Waals surface area contributed by atoms with Gasteiger partial charge in [0.1, 0.15) is 0 Å². The van der Waals surface area contributed by atoms with E-state index >= 15 is 0 Å². The van der Waals surface area contributed by atoms with Gasteiger partial charge in [0.15, 0.2) is 0 Å². The normalized spacial score (nSPS) is 13.9. The number of esters is 1. The summed E-state index contributed by atoms with van der Waals surface area (Å²) in [4.78, 5) is 10.8. The minimum absolute atomic E-state index is 0.657. The minimum atomic E-state index is -6.98. The smallest absolute Gasteiger partial charge is 0.460 e. The number of hydrogen-bond donors (Lipinski definition) is 1. The molecule has 130 valence electrons. The van der Waals surface area contributed by atoms with Gasteiger partial charge in [0.2, 0.25) is 0 Å². The quantitative estimate of drug-likeness (QED) is 0.437. The summed E-state index contributed by atoms with van der Waals surface area (Å²) in [5.41, 5.74) is -0.657. The molecular weight excluding hydrogens is 339 g/mol. The van der Waals surface area contributed by atoms with Gasteiger partial charge in [-0.05, 0) is 0 Å². The zero-order valence-corrected chi connectivity index (χ0v) is 10.5. The van der Waals surface area contributed by atoms with E-state index in [0.717, 1.165) is 0 Å². The van der Waals surface area contributed by atoms with Crippen LogP contribution in [-0.4, -0.2) is 48.2 Å². The number of ether oxygens (including phenoxy) is 1. The molecule has 0 atom stereocenters. The van der Waals surface area contributed by atoms with Crippen molar-refractivity contribution in [2.75, 3.05) is 13.2 Å². The number of aliphatic hydroxyl groups is 1. The fourth-order valence-electron chi connectivity index (χ4n) is 1.00. The van der Waals surface area contributed by atoms with E-state index in [1.807, 2.05) is 0 Å². The number of carbonyl (C=O) groups excluding carboxylic acids is 1. The van der Waals surface area contributed by atoms with Crippen molar-refractivity contribution in [2.24, 2.45) is 0 Å². The van der Waals surface area contributed by atoms with Crippen molar-refractivity contribution in [3.63, 3.8) is 0 Å². The molecule has 0 saturated heterocycles. The predicted molar refractivity (Wildman–Crippen MR) is 52.7 cm³/mol. The molecule has 0 fully saturated rings. The van der Waals surface area contributed by atoms with Crippen molar-refractivity contribution < 1.29 is 54.2 Å². The van der Waals surface area contributed by atoms with E-state index < -0.39 is 55.1 Å². The highest BCUT2D eigenvalue weighted by Gasteiger charge is 2.81. The lowest BCUT2D eigenvalue weighted by atomic mass is 10.0. The van der Waals surface area contributed by atoms with E-state index in [2.05, 4.69) is 11.3 Å². The molecule has 0 aromatic heterocycles. The molecule has 0 aromatic carbocycles. The van der Waals surface area contributed by atoms with Crippen LogP contribution < -0.4 is 0 Å². The average Bonchev–Trinajstić information content (AvgIpc) is 2.35.